The van der Waals surface area contributed by atoms with Crippen LogP contribution in [0.3, 0.4) is 0 Å². The molecular weight excluding hydrogens is 428 g/mol. The minimum atomic E-state index is -0.351. The lowest BCUT2D eigenvalue weighted by Gasteiger charge is -2.19. The first-order valence-corrected chi connectivity index (χ1v) is 12.6. The summed E-state index contributed by atoms with van der Waals surface area (Å²) in [5.74, 6) is 2.56. The van der Waals surface area contributed by atoms with Crippen molar-refractivity contribution in [2.45, 2.75) is 63.8 Å². The van der Waals surface area contributed by atoms with Crippen molar-refractivity contribution in [1.82, 2.24) is 5.32 Å². The zero-order chi connectivity index (χ0) is 24.2. The Kier molecular flexibility index (Phi) is 10.5. The third-order valence-electron chi connectivity index (χ3n) is 6.70. The van der Waals surface area contributed by atoms with Crippen LogP contribution in [0.15, 0.2) is 42.5 Å². The van der Waals surface area contributed by atoms with Crippen molar-refractivity contribution in [3.05, 3.63) is 53.6 Å². The highest BCUT2D eigenvalue weighted by atomic mass is 16.5. The number of benzene rings is 2. The number of methoxy groups -OCH3 is 2. The Bertz CT molecular complexity index is 874. The van der Waals surface area contributed by atoms with E-state index in [-0.39, 0.29) is 18.6 Å². The number of nitrogens with one attached hydrogen (secondary N) is 1. The number of carbonyl (C=O) groups is 1. The van der Waals surface area contributed by atoms with Crippen molar-refractivity contribution in [2.75, 3.05) is 27.4 Å². The van der Waals surface area contributed by atoms with Crippen LogP contribution in [0.5, 0.6) is 17.2 Å². The Morgan fingerprint density at radius 2 is 1.53 bits per heavy atom. The number of rotatable bonds is 9. The van der Waals surface area contributed by atoms with Gasteiger partial charge in [-0.15, -0.1) is 0 Å². The van der Waals surface area contributed by atoms with Crippen LogP contribution < -0.4 is 25.3 Å². The van der Waals surface area contributed by atoms with E-state index < -0.39 is 0 Å². The van der Waals surface area contributed by atoms with Crippen LogP contribution in [0.25, 0.3) is 0 Å². The molecule has 3 rings (SSSR count). The molecule has 0 bridgehead atoms. The fourth-order valence-electron chi connectivity index (χ4n) is 4.58. The van der Waals surface area contributed by atoms with Gasteiger partial charge >= 0.3 is 0 Å². The number of carbonyl (C=O) groups excluding carboxylic acids is 1. The monoisotopic (exact) mass is 468 g/mol. The molecule has 1 fully saturated rings. The average molecular weight is 469 g/mol. The van der Waals surface area contributed by atoms with Gasteiger partial charge in [0.25, 0.3) is 5.91 Å². The van der Waals surface area contributed by atoms with E-state index in [1.165, 1.54) is 57.8 Å². The van der Waals surface area contributed by atoms with Gasteiger partial charge in [-0.1, -0.05) is 57.1 Å². The quantitative estimate of drug-likeness (QED) is 0.516. The van der Waals surface area contributed by atoms with E-state index in [2.05, 4.69) is 5.32 Å². The van der Waals surface area contributed by atoms with Gasteiger partial charge in [0.15, 0.2) is 6.61 Å². The maximum absolute atomic E-state index is 12.3. The largest absolute Gasteiger partial charge is 0.497 e. The Morgan fingerprint density at radius 3 is 2.15 bits per heavy atom. The van der Waals surface area contributed by atoms with Gasteiger partial charge < -0.3 is 25.3 Å². The molecule has 2 aromatic rings. The predicted molar refractivity (Wildman–Crippen MR) is 136 cm³/mol. The van der Waals surface area contributed by atoms with E-state index in [4.69, 9.17) is 19.9 Å². The average Bonchev–Trinajstić information content (AvgIpc) is 2.89. The SMILES string of the molecule is COc1ccc(C(N)c2ccc(OCC(=O)NCC3CCCCCCCCC3)cc2)c(OC)c1. The van der Waals surface area contributed by atoms with Crippen LogP contribution in [0.2, 0.25) is 0 Å². The Balaban J connectivity index is 1.47. The first-order valence-electron chi connectivity index (χ1n) is 12.6. The molecule has 1 saturated carbocycles. The second kappa shape index (κ2) is 13.9. The fraction of sp³-hybridized carbons (Fsp3) is 0.536. The van der Waals surface area contributed by atoms with Crippen LogP contribution >= 0.6 is 0 Å². The standard InChI is InChI=1S/C28H40N2O4/c1-32-24-16-17-25(26(18-24)33-2)28(29)22-12-14-23(15-13-22)34-20-27(31)30-19-21-10-8-6-4-3-5-7-9-11-21/h12-18,21,28H,3-11,19-20,29H2,1-2H3,(H,30,31). The molecule has 6 heteroatoms. The Hall–Kier alpha value is -2.73. The molecule has 0 heterocycles. The molecule has 2 aromatic carbocycles. The predicted octanol–water partition coefficient (Wildman–Crippen LogP) is 5.39. The summed E-state index contributed by atoms with van der Waals surface area (Å²) in [6.07, 6.45) is 11.7. The molecule has 0 aliphatic heterocycles. The Morgan fingerprint density at radius 1 is 0.912 bits per heavy atom. The van der Waals surface area contributed by atoms with E-state index in [0.717, 1.165) is 23.4 Å². The molecule has 0 saturated heterocycles. The van der Waals surface area contributed by atoms with Gasteiger partial charge in [0, 0.05) is 18.2 Å². The zero-order valence-corrected chi connectivity index (χ0v) is 20.7. The molecular formula is C28H40N2O4. The van der Waals surface area contributed by atoms with E-state index in [9.17, 15) is 4.79 Å². The summed E-state index contributed by atoms with van der Waals surface area (Å²) < 4.78 is 16.5. The molecule has 1 amide bonds. The molecule has 1 aliphatic carbocycles. The molecule has 1 aliphatic rings. The fourth-order valence-corrected chi connectivity index (χ4v) is 4.58. The van der Waals surface area contributed by atoms with Gasteiger partial charge in [-0.25, -0.2) is 0 Å². The van der Waals surface area contributed by atoms with E-state index in [0.29, 0.717) is 17.4 Å². The van der Waals surface area contributed by atoms with Gasteiger partial charge in [0.1, 0.15) is 17.2 Å². The molecule has 0 spiro atoms. The van der Waals surface area contributed by atoms with Crippen LogP contribution in [-0.2, 0) is 4.79 Å². The number of ether oxygens (including phenoxy) is 3. The summed E-state index contributed by atoms with van der Waals surface area (Å²) >= 11 is 0. The lowest BCUT2D eigenvalue weighted by atomic mass is 9.92. The maximum Gasteiger partial charge on any atom is 0.257 e. The number of hydrogen-bond donors (Lipinski definition) is 2. The van der Waals surface area contributed by atoms with Gasteiger partial charge in [0.2, 0.25) is 0 Å². The first-order chi connectivity index (χ1) is 16.6. The van der Waals surface area contributed by atoms with Crippen molar-refractivity contribution in [2.24, 2.45) is 11.7 Å². The smallest absolute Gasteiger partial charge is 0.257 e. The number of amides is 1. The Labute approximate surface area is 204 Å². The third-order valence-corrected chi connectivity index (χ3v) is 6.70. The molecule has 1 atom stereocenters. The number of nitrogens with two attached hydrogens (primary N) is 1. The van der Waals surface area contributed by atoms with Gasteiger partial charge in [-0.05, 0) is 48.6 Å². The van der Waals surface area contributed by atoms with E-state index >= 15 is 0 Å². The zero-order valence-electron chi connectivity index (χ0n) is 20.7. The molecule has 3 N–H and O–H groups in total. The topological polar surface area (TPSA) is 82.8 Å². The van der Waals surface area contributed by atoms with Crippen molar-refractivity contribution in [1.29, 1.82) is 0 Å². The molecule has 0 radical (unpaired) electrons. The minimum Gasteiger partial charge on any atom is -0.497 e. The second-order valence-electron chi connectivity index (χ2n) is 9.17. The molecule has 0 aromatic heterocycles. The van der Waals surface area contributed by atoms with Crippen molar-refractivity contribution < 1.29 is 19.0 Å². The third kappa shape index (κ3) is 7.94. The van der Waals surface area contributed by atoms with E-state index in [1.807, 2.05) is 42.5 Å². The highest BCUT2D eigenvalue weighted by molar-refractivity contribution is 5.77. The second-order valence-corrected chi connectivity index (χ2v) is 9.17. The summed E-state index contributed by atoms with van der Waals surface area (Å²) in [6, 6.07) is 12.8. The molecule has 34 heavy (non-hydrogen) atoms. The summed E-state index contributed by atoms with van der Waals surface area (Å²) in [4.78, 5) is 12.3. The normalized spacial score (nSPS) is 16.3. The van der Waals surface area contributed by atoms with Crippen molar-refractivity contribution in [3.8, 4) is 17.2 Å². The van der Waals surface area contributed by atoms with E-state index in [1.54, 1.807) is 14.2 Å². The van der Waals surface area contributed by atoms with Crippen LogP contribution in [0, 0.1) is 5.92 Å². The van der Waals surface area contributed by atoms with Gasteiger partial charge in [-0.2, -0.15) is 0 Å². The lowest BCUT2D eigenvalue weighted by molar-refractivity contribution is -0.123. The van der Waals surface area contributed by atoms with Crippen LogP contribution in [0.1, 0.15) is 75.0 Å². The lowest BCUT2D eigenvalue weighted by Crippen LogP contribution is -2.33. The van der Waals surface area contributed by atoms with Gasteiger partial charge in [0.05, 0.1) is 20.3 Å². The molecule has 186 valence electrons. The minimum absolute atomic E-state index is 0.0183. The van der Waals surface area contributed by atoms with Gasteiger partial charge in [-0.3, -0.25) is 4.79 Å². The van der Waals surface area contributed by atoms with Crippen molar-refractivity contribution >= 4 is 5.91 Å². The summed E-state index contributed by atoms with van der Waals surface area (Å²) in [7, 11) is 3.24. The summed E-state index contributed by atoms with van der Waals surface area (Å²) in [5, 5.41) is 3.07. The molecule has 6 nitrogen and oxygen atoms in total. The van der Waals surface area contributed by atoms with Crippen LogP contribution in [-0.4, -0.2) is 33.3 Å². The maximum atomic E-state index is 12.3. The summed E-state index contributed by atoms with van der Waals surface area (Å²) in [6.45, 7) is 0.768. The highest BCUT2D eigenvalue weighted by Gasteiger charge is 2.16. The number of hydrogen-bond acceptors (Lipinski definition) is 5. The molecule has 1 unspecified atom stereocenters. The van der Waals surface area contributed by atoms with Crippen molar-refractivity contribution in [3.63, 3.8) is 0 Å². The summed E-state index contributed by atoms with van der Waals surface area (Å²) in [5.41, 5.74) is 8.28. The first kappa shape index (κ1) is 25.9. The van der Waals surface area contributed by atoms with Crippen LogP contribution in [0.4, 0.5) is 0 Å². The highest BCUT2D eigenvalue weighted by Crippen LogP contribution is 2.32.